The summed E-state index contributed by atoms with van der Waals surface area (Å²) in [5, 5.41) is 6.73. The first-order valence-corrected chi connectivity index (χ1v) is 13.2. The van der Waals surface area contributed by atoms with Crippen LogP contribution in [0.4, 0.5) is 11.4 Å². The van der Waals surface area contributed by atoms with Gasteiger partial charge in [-0.2, -0.15) is 0 Å². The van der Waals surface area contributed by atoms with E-state index in [4.69, 9.17) is 0 Å². The van der Waals surface area contributed by atoms with E-state index in [-0.39, 0.29) is 36.5 Å². The van der Waals surface area contributed by atoms with Gasteiger partial charge in [-0.1, -0.05) is 18.6 Å². The summed E-state index contributed by atoms with van der Waals surface area (Å²) in [5.74, 6) is -0.979. The maximum atomic E-state index is 13.2. The van der Waals surface area contributed by atoms with Crippen molar-refractivity contribution in [2.75, 3.05) is 23.3 Å². The SMILES string of the molecule is O=C1CCC(N2C(=O)c3cccc4c(NC(=O)CCCCCC(=O)N5CCCCC5)ccc2c34)C(=O)N1. The molecule has 3 aliphatic heterocycles. The van der Waals surface area contributed by atoms with Crippen LogP contribution in [0.15, 0.2) is 30.3 Å². The third-order valence-electron chi connectivity index (χ3n) is 7.53. The zero-order valence-corrected chi connectivity index (χ0v) is 20.9. The van der Waals surface area contributed by atoms with Crippen molar-refractivity contribution in [3.05, 3.63) is 35.9 Å². The first kappa shape index (κ1) is 24.9. The highest BCUT2D eigenvalue weighted by atomic mass is 16.2. The number of imide groups is 1. The van der Waals surface area contributed by atoms with Crippen LogP contribution in [0.2, 0.25) is 0 Å². The largest absolute Gasteiger partial charge is 0.343 e. The minimum Gasteiger partial charge on any atom is -0.343 e. The fraction of sp³-hybridized carbons (Fsp3) is 0.464. The van der Waals surface area contributed by atoms with E-state index in [1.807, 2.05) is 11.0 Å². The number of nitrogens with zero attached hydrogens (tertiary/aromatic N) is 2. The van der Waals surface area contributed by atoms with E-state index >= 15 is 0 Å². The van der Waals surface area contributed by atoms with Crippen LogP contribution in [-0.2, 0) is 19.2 Å². The Bertz CT molecular complexity index is 1270. The smallest absolute Gasteiger partial charge is 0.259 e. The highest BCUT2D eigenvalue weighted by Crippen LogP contribution is 2.42. The fourth-order valence-electron chi connectivity index (χ4n) is 5.61. The molecule has 0 aliphatic carbocycles. The normalized spacial score (nSPS) is 19.4. The maximum Gasteiger partial charge on any atom is 0.259 e. The molecular formula is C28H32N4O5. The zero-order chi connectivity index (χ0) is 25.9. The van der Waals surface area contributed by atoms with Crippen LogP contribution in [0.1, 0.15) is 74.6 Å². The van der Waals surface area contributed by atoms with E-state index < -0.39 is 11.9 Å². The second-order valence-electron chi connectivity index (χ2n) is 10.1. The standard InChI is InChI=1S/C28H32N4O5/c33-23(10-3-1-4-11-25(35)31-16-5-2-6-17-31)29-20-12-13-21-26-18(20)8-7-9-19(26)28(37)32(21)22-14-15-24(34)30-27(22)36/h7-9,12-13,22H,1-6,10-11,14-17H2,(H,29,33)(H,30,34,36). The highest BCUT2D eigenvalue weighted by Gasteiger charge is 2.40. The van der Waals surface area contributed by atoms with Crippen LogP contribution in [-0.4, -0.2) is 53.6 Å². The van der Waals surface area contributed by atoms with Gasteiger partial charge in [0.1, 0.15) is 6.04 Å². The monoisotopic (exact) mass is 504 g/mol. The Morgan fingerprint density at radius 3 is 2.51 bits per heavy atom. The molecule has 0 saturated carbocycles. The zero-order valence-electron chi connectivity index (χ0n) is 20.9. The number of anilines is 2. The number of unbranched alkanes of at least 4 members (excludes halogenated alkanes) is 2. The van der Waals surface area contributed by atoms with Crippen molar-refractivity contribution < 1.29 is 24.0 Å². The van der Waals surface area contributed by atoms with Crippen molar-refractivity contribution in [2.45, 2.75) is 70.3 Å². The molecule has 9 heteroatoms. The van der Waals surface area contributed by atoms with Crippen LogP contribution in [0.3, 0.4) is 0 Å². The lowest BCUT2D eigenvalue weighted by atomic mass is 10.0. The van der Waals surface area contributed by atoms with E-state index in [1.165, 1.54) is 11.3 Å². The lowest BCUT2D eigenvalue weighted by Gasteiger charge is -2.30. The van der Waals surface area contributed by atoms with Gasteiger partial charge in [0.2, 0.25) is 23.6 Å². The summed E-state index contributed by atoms with van der Waals surface area (Å²) in [5.41, 5.74) is 1.71. The molecule has 1 atom stereocenters. The third kappa shape index (κ3) is 5.08. The second kappa shape index (κ2) is 10.7. The van der Waals surface area contributed by atoms with Crippen LogP contribution >= 0.6 is 0 Å². The van der Waals surface area contributed by atoms with Crippen LogP contribution in [0, 0.1) is 0 Å². The molecule has 37 heavy (non-hydrogen) atoms. The Labute approximate surface area is 215 Å². The molecule has 194 valence electrons. The van der Waals surface area contributed by atoms with Crippen molar-refractivity contribution in [2.24, 2.45) is 0 Å². The van der Waals surface area contributed by atoms with Gasteiger partial charge in [-0.15, -0.1) is 0 Å². The molecule has 0 aromatic heterocycles. The fourth-order valence-corrected chi connectivity index (χ4v) is 5.61. The lowest BCUT2D eigenvalue weighted by molar-refractivity contribution is -0.134. The summed E-state index contributed by atoms with van der Waals surface area (Å²) < 4.78 is 0. The number of amides is 5. The number of likely N-dealkylation sites (tertiary alicyclic amines) is 1. The minimum atomic E-state index is -0.747. The minimum absolute atomic E-state index is 0.116. The lowest BCUT2D eigenvalue weighted by Crippen LogP contribution is -2.53. The number of benzene rings is 2. The third-order valence-corrected chi connectivity index (χ3v) is 7.53. The summed E-state index contributed by atoms with van der Waals surface area (Å²) in [6.07, 6.45) is 7.01. The summed E-state index contributed by atoms with van der Waals surface area (Å²) in [6.45, 7) is 1.74. The predicted octanol–water partition coefficient (Wildman–Crippen LogP) is 3.51. The van der Waals surface area contributed by atoms with Gasteiger partial charge >= 0.3 is 0 Å². The maximum absolute atomic E-state index is 13.2. The van der Waals surface area contributed by atoms with E-state index in [1.54, 1.807) is 24.3 Å². The molecule has 1 unspecified atom stereocenters. The molecule has 0 radical (unpaired) electrons. The van der Waals surface area contributed by atoms with Gasteiger partial charge < -0.3 is 10.2 Å². The number of hydrogen-bond acceptors (Lipinski definition) is 5. The van der Waals surface area contributed by atoms with E-state index in [9.17, 15) is 24.0 Å². The highest BCUT2D eigenvalue weighted by molar-refractivity contribution is 6.28. The molecule has 2 aromatic rings. The molecule has 2 N–H and O–H groups in total. The number of hydrogen-bond donors (Lipinski definition) is 2. The van der Waals surface area contributed by atoms with Crippen molar-refractivity contribution in [1.29, 1.82) is 0 Å². The Hall–Kier alpha value is -3.75. The number of carbonyl (C=O) groups is 5. The summed E-state index contributed by atoms with van der Waals surface area (Å²) >= 11 is 0. The first-order valence-electron chi connectivity index (χ1n) is 13.2. The number of carbonyl (C=O) groups excluding carboxylic acids is 5. The summed E-state index contributed by atoms with van der Waals surface area (Å²) in [6, 6.07) is 8.10. The van der Waals surface area contributed by atoms with Gasteiger partial charge in [0.05, 0.1) is 5.69 Å². The molecule has 2 fully saturated rings. The quantitative estimate of drug-likeness (QED) is 0.422. The molecule has 5 rings (SSSR count). The molecule has 3 aliphatic rings. The average molecular weight is 505 g/mol. The van der Waals surface area contributed by atoms with E-state index in [0.29, 0.717) is 41.6 Å². The van der Waals surface area contributed by atoms with Crippen molar-refractivity contribution in [3.8, 4) is 0 Å². The van der Waals surface area contributed by atoms with Crippen LogP contribution in [0.25, 0.3) is 10.8 Å². The Kier molecular flexibility index (Phi) is 7.21. The molecular weight excluding hydrogens is 472 g/mol. The number of nitrogens with one attached hydrogen (secondary N) is 2. The molecule has 2 aromatic carbocycles. The van der Waals surface area contributed by atoms with Crippen molar-refractivity contribution in [3.63, 3.8) is 0 Å². The van der Waals surface area contributed by atoms with Crippen LogP contribution in [0.5, 0.6) is 0 Å². The van der Waals surface area contributed by atoms with Crippen LogP contribution < -0.4 is 15.5 Å². The molecule has 9 nitrogen and oxygen atoms in total. The molecule has 3 heterocycles. The van der Waals surface area contributed by atoms with E-state index in [0.717, 1.165) is 44.2 Å². The summed E-state index contributed by atoms with van der Waals surface area (Å²) in [4.78, 5) is 65.7. The number of rotatable bonds is 8. The van der Waals surface area contributed by atoms with Crippen molar-refractivity contribution in [1.82, 2.24) is 10.2 Å². The molecule has 0 bridgehead atoms. The van der Waals surface area contributed by atoms with Gasteiger partial charge in [-0.05, 0) is 56.7 Å². The summed E-state index contributed by atoms with van der Waals surface area (Å²) in [7, 11) is 0. The molecule has 0 spiro atoms. The Morgan fingerprint density at radius 1 is 0.946 bits per heavy atom. The number of piperidine rings is 2. The van der Waals surface area contributed by atoms with Gasteiger partial charge in [0, 0.05) is 54.4 Å². The van der Waals surface area contributed by atoms with Gasteiger partial charge in [-0.3, -0.25) is 34.2 Å². The van der Waals surface area contributed by atoms with Gasteiger partial charge in [0.25, 0.3) is 5.91 Å². The van der Waals surface area contributed by atoms with Gasteiger partial charge in [-0.25, -0.2) is 0 Å². The first-order chi connectivity index (χ1) is 17.9. The second-order valence-corrected chi connectivity index (χ2v) is 10.1. The van der Waals surface area contributed by atoms with Crippen molar-refractivity contribution >= 4 is 51.7 Å². The van der Waals surface area contributed by atoms with Gasteiger partial charge in [0.15, 0.2) is 0 Å². The molecule has 2 saturated heterocycles. The topological polar surface area (TPSA) is 116 Å². The Morgan fingerprint density at radius 2 is 1.73 bits per heavy atom. The Balaban J connectivity index is 1.20. The van der Waals surface area contributed by atoms with E-state index in [2.05, 4.69) is 10.6 Å². The molecule has 5 amide bonds. The average Bonchev–Trinajstić information content (AvgIpc) is 3.18. The predicted molar refractivity (Wildman–Crippen MR) is 139 cm³/mol.